The van der Waals surface area contributed by atoms with Crippen molar-refractivity contribution in [1.82, 2.24) is 9.97 Å². The number of H-pyrrole nitrogens is 1. The Morgan fingerprint density at radius 3 is 2.89 bits per heavy atom. The second kappa shape index (κ2) is 6.75. The minimum atomic E-state index is -0.415. The molecule has 0 atom stereocenters. The van der Waals surface area contributed by atoms with Crippen LogP contribution in [0.25, 0.3) is 22.4 Å². The van der Waals surface area contributed by atoms with E-state index in [1.807, 2.05) is 30.3 Å². The Morgan fingerprint density at radius 2 is 2.07 bits per heavy atom. The Hall–Kier alpha value is -3.94. The molecule has 134 valence electrons. The molecule has 8 heteroatoms. The summed E-state index contributed by atoms with van der Waals surface area (Å²) in [7, 11) is 0. The predicted molar refractivity (Wildman–Crippen MR) is 103 cm³/mol. The third kappa shape index (κ3) is 3.40. The maximum atomic E-state index is 11.3. The average molecular weight is 361 g/mol. The van der Waals surface area contributed by atoms with Gasteiger partial charge in [-0.1, -0.05) is 18.2 Å². The molecule has 8 nitrogen and oxygen atoms in total. The Kier molecular flexibility index (Phi) is 4.13. The average Bonchev–Trinajstić information content (AvgIpc) is 3.28. The fourth-order valence-corrected chi connectivity index (χ4v) is 2.73. The van der Waals surface area contributed by atoms with Crippen LogP contribution in [-0.4, -0.2) is 21.1 Å². The van der Waals surface area contributed by atoms with Crippen LogP contribution < -0.4 is 5.43 Å². The topological polar surface area (TPSA) is 109 Å². The van der Waals surface area contributed by atoms with Gasteiger partial charge in [0.05, 0.1) is 27.7 Å². The van der Waals surface area contributed by atoms with Gasteiger partial charge in [-0.25, -0.2) is 10.4 Å². The Balaban J connectivity index is 1.53. The first-order chi connectivity index (χ1) is 13.1. The van der Waals surface area contributed by atoms with E-state index in [1.165, 1.54) is 12.3 Å². The number of nitro groups is 1. The number of nitrogens with one attached hydrogen (secondary N) is 2. The van der Waals surface area contributed by atoms with Crippen LogP contribution in [0, 0.1) is 17.0 Å². The molecule has 2 aromatic heterocycles. The van der Waals surface area contributed by atoms with Crippen LogP contribution in [0.1, 0.15) is 11.3 Å². The molecule has 0 radical (unpaired) electrons. The highest BCUT2D eigenvalue weighted by Crippen LogP contribution is 2.31. The standard InChI is InChI=1S/C19H15N5O3/c1-12-6-8-14(17(10-12)24(25)26)18-9-7-13(27-18)11-20-23-19-21-15-4-2-3-5-16(15)22-19/h2-11H,1H3,(H2,21,22,23)/b20-11+. The second-order valence-electron chi connectivity index (χ2n) is 5.95. The maximum absolute atomic E-state index is 11.3. The molecule has 0 saturated carbocycles. The quantitative estimate of drug-likeness (QED) is 0.309. The lowest BCUT2D eigenvalue weighted by atomic mass is 10.1. The summed E-state index contributed by atoms with van der Waals surface area (Å²) in [5.41, 5.74) is 5.79. The molecule has 4 rings (SSSR count). The Labute approximate surface area is 153 Å². The van der Waals surface area contributed by atoms with Crippen LogP contribution in [0.2, 0.25) is 0 Å². The van der Waals surface area contributed by atoms with Gasteiger partial charge in [0.1, 0.15) is 11.5 Å². The van der Waals surface area contributed by atoms with Crippen LogP contribution in [-0.2, 0) is 0 Å². The Morgan fingerprint density at radius 1 is 1.22 bits per heavy atom. The number of anilines is 1. The van der Waals surface area contributed by atoms with Crippen molar-refractivity contribution in [3.05, 3.63) is 76.0 Å². The highest BCUT2D eigenvalue weighted by molar-refractivity contribution is 5.80. The van der Waals surface area contributed by atoms with E-state index in [0.29, 0.717) is 23.0 Å². The fourth-order valence-electron chi connectivity index (χ4n) is 2.73. The van der Waals surface area contributed by atoms with E-state index in [0.717, 1.165) is 16.6 Å². The lowest BCUT2D eigenvalue weighted by Crippen LogP contribution is -1.92. The number of aromatic nitrogens is 2. The largest absolute Gasteiger partial charge is 0.455 e. The third-order valence-electron chi connectivity index (χ3n) is 3.99. The molecule has 0 amide bonds. The van der Waals surface area contributed by atoms with Gasteiger partial charge in [0.15, 0.2) is 0 Å². The third-order valence-corrected chi connectivity index (χ3v) is 3.99. The zero-order valence-electron chi connectivity index (χ0n) is 14.3. The van der Waals surface area contributed by atoms with Crippen molar-refractivity contribution in [2.45, 2.75) is 6.92 Å². The van der Waals surface area contributed by atoms with Gasteiger partial charge >= 0.3 is 0 Å². The number of benzene rings is 2. The molecule has 2 heterocycles. The number of imidazole rings is 1. The van der Waals surface area contributed by atoms with Crippen LogP contribution in [0.3, 0.4) is 0 Å². The molecule has 0 bridgehead atoms. The summed E-state index contributed by atoms with van der Waals surface area (Å²) >= 11 is 0. The van der Waals surface area contributed by atoms with Crippen molar-refractivity contribution in [2.75, 3.05) is 5.43 Å². The molecule has 0 saturated heterocycles. The molecule has 0 spiro atoms. The minimum absolute atomic E-state index is 0.00763. The summed E-state index contributed by atoms with van der Waals surface area (Å²) in [4.78, 5) is 18.3. The van der Waals surface area contributed by atoms with Gasteiger partial charge in [0.2, 0.25) is 5.95 Å². The van der Waals surface area contributed by atoms with E-state index in [2.05, 4.69) is 20.5 Å². The van der Waals surface area contributed by atoms with Gasteiger partial charge in [-0.15, -0.1) is 0 Å². The summed E-state index contributed by atoms with van der Waals surface area (Å²) in [5, 5.41) is 15.4. The SMILES string of the molecule is Cc1ccc(-c2ccc(/C=N/Nc3nc4ccccc4[nH]3)o2)c([N+](=O)[O-])c1. The summed E-state index contributed by atoms with van der Waals surface area (Å²) in [6.45, 7) is 1.81. The van der Waals surface area contributed by atoms with Crippen LogP contribution in [0.4, 0.5) is 11.6 Å². The molecule has 0 unspecified atom stereocenters. The highest BCUT2D eigenvalue weighted by atomic mass is 16.6. The zero-order chi connectivity index (χ0) is 18.8. The van der Waals surface area contributed by atoms with Gasteiger partial charge in [-0.3, -0.25) is 10.1 Å². The van der Waals surface area contributed by atoms with Crippen LogP contribution in [0.15, 0.2) is 64.1 Å². The fraction of sp³-hybridized carbons (Fsp3) is 0.0526. The van der Waals surface area contributed by atoms with Crippen LogP contribution in [0.5, 0.6) is 0 Å². The molecular formula is C19H15N5O3. The van der Waals surface area contributed by atoms with Crippen molar-refractivity contribution >= 4 is 28.9 Å². The van der Waals surface area contributed by atoms with Crippen molar-refractivity contribution < 1.29 is 9.34 Å². The Bertz CT molecular complexity index is 1130. The van der Waals surface area contributed by atoms with Crippen molar-refractivity contribution in [3.8, 4) is 11.3 Å². The van der Waals surface area contributed by atoms with Crippen molar-refractivity contribution in [1.29, 1.82) is 0 Å². The van der Waals surface area contributed by atoms with E-state index in [9.17, 15) is 10.1 Å². The monoisotopic (exact) mass is 361 g/mol. The lowest BCUT2D eigenvalue weighted by Gasteiger charge is -2.01. The first-order valence-electron chi connectivity index (χ1n) is 8.19. The van der Waals surface area contributed by atoms with E-state index >= 15 is 0 Å². The second-order valence-corrected chi connectivity index (χ2v) is 5.95. The van der Waals surface area contributed by atoms with Crippen molar-refractivity contribution in [3.63, 3.8) is 0 Å². The van der Waals surface area contributed by atoms with E-state index in [-0.39, 0.29) is 5.69 Å². The molecular weight excluding hydrogens is 346 g/mol. The number of nitro benzene ring substituents is 1. The van der Waals surface area contributed by atoms with Gasteiger partial charge < -0.3 is 9.40 Å². The number of aromatic amines is 1. The number of rotatable bonds is 5. The molecule has 0 fully saturated rings. The molecule has 4 aromatic rings. The molecule has 27 heavy (non-hydrogen) atoms. The van der Waals surface area contributed by atoms with E-state index in [4.69, 9.17) is 4.42 Å². The molecule has 0 aliphatic heterocycles. The smallest absolute Gasteiger partial charge is 0.280 e. The summed E-state index contributed by atoms with van der Waals surface area (Å²) in [6, 6.07) is 16.0. The number of furan rings is 1. The number of para-hydroxylation sites is 2. The van der Waals surface area contributed by atoms with Gasteiger partial charge in [0.25, 0.3) is 5.69 Å². The number of aryl methyl sites for hydroxylation is 1. The number of nitrogens with zero attached hydrogens (tertiary/aromatic N) is 3. The normalized spacial score (nSPS) is 11.3. The van der Waals surface area contributed by atoms with E-state index in [1.54, 1.807) is 25.1 Å². The number of hydrogen-bond acceptors (Lipinski definition) is 6. The molecule has 2 N–H and O–H groups in total. The number of hydrogen-bond donors (Lipinski definition) is 2. The van der Waals surface area contributed by atoms with Crippen LogP contribution >= 0.6 is 0 Å². The predicted octanol–water partition coefficient (Wildman–Crippen LogP) is 4.49. The first kappa shape index (κ1) is 16.5. The molecule has 0 aliphatic rings. The lowest BCUT2D eigenvalue weighted by molar-refractivity contribution is -0.384. The number of fused-ring (bicyclic) bond motifs is 1. The number of hydrazone groups is 1. The summed E-state index contributed by atoms with van der Waals surface area (Å²) in [5.74, 6) is 1.38. The molecule has 2 aromatic carbocycles. The highest BCUT2D eigenvalue weighted by Gasteiger charge is 2.18. The summed E-state index contributed by atoms with van der Waals surface area (Å²) < 4.78 is 5.67. The summed E-state index contributed by atoms with van der Waals surface area (Å²) in [6.07, 6.45) is 1.48. The first-order valence-corrected chi connectivity index (χ1v) is 8.19. The van der Waals surface area contributed by atoms with E-state index < -0.39 is 4.92 Å². The maximum Gasteiger partial charge on any atom is 0.280 e. The zero-order valence-corrected chi connectivity index (χ0v) is 14.3. The van der Waals surface area contributed by atoms with Crippen molar-refractivity contribution in [2.24, 2.45) is 5.10 Å². The van der Waals surface area contributed by atoms with Gasteiger partial charge in [-0.05, 0) is 42.8 Å². The van der Waals surface area contributed by atoms with Gasteiger partial charge in [0, 0.05) is 6.07 Å². The molecule has 0 aliphatic carbocycles. The minimum Gasteiger partial charge on any atom is -0.455 e. The van der Waals surface area contributed by atoms with Gasteiger partial charge in [-0.2, -0.15) is 5.10 Å².